The minimum Gasteiger partial charge on any atom is -0.292 e. The van der Waals surface area contributed by atoms with Crippen LogP contribution in [-0.4, -0.2) is 29.9 Å². The van der Waals surface area contributed by atoms with Gasteiger partial charge in [0.2, 0.25) is 16.0 Å². The number of nitrogens with two attached hydrogens (primary N) is 1. The molecule has 0 aliphatic rings. The number of aromatic nitrogens is 3. The van der Waals surface area contributed by atoms with Crippen molar-refractivity contribution < 1.29 is 8.42 Å². The fourth-order valence-corrected chi connectivity index (χ4v) is 3.12. The normalized spacial score (nSPS) is 11.5. The first kappa shape index (κ1) is 14.8. The highest BCUT2D eigenvalue weighted by Gasteiger charge is 2.14. The number of thiazole rings is 1. The minimum absolute atomic E-state index is 0.00757. The molecule has 0 spiro atoms. The molecule has 0 fully saturated rings. The van der Waals surface area contributed by atoms with Crippen molar-refractivity contribution in [2.24, 2.45) is 5.84 Å². The molecule has 2 heterocycles. The van der Waals surface area contributed by atoms with E-state index >= 15 is 0 Å². The van der Waals surface area contributed by atoms with Gasteiger partial charge in [0, 0.05) is 24.0 Å². The monoisotopic (exact) mass is 314 g/mol. The zero-order valence-electron chi connectivity index (χ0n) is 10.7. The van der Waals surface area contributed by atoms with Gasteiger partial charge in [-0.05, 0) is 6.92 Å². The van der Waals surface area contributed by atoms with E-state index in [1.54, 1.807) is 0 Å². The number of sulfonamides is 1. The van der Waals surface area contributed by atoms with Crippen molar-refractivity contribution in [3.8, 4) is 0 Å². The quantitative estimate of drug-likeness (QED) is 0.508. The van der Waals surface area contributed by atoms with Gasteiger partial charge in [-0.3, -0.25) is 5.43 Å². The highest BCUT2D eigenvalue weighted by atomic mass is 32.2. The van der Waals surface area contributed by atoms with E-state index in [0.717, 1.165) is 10.7 Å². The molecule has 0 bridgehead atoms. The van der Waals surface area contributed by atoms with Crippen LogP contribution in [0.15, 0.2) is 22.7 Å². The van der Waals surface area contributed by atoms with Crippen LogP contribution in [0.25, 0.3) is 0 Å². The molecule has 0 aliphatic heterocycles. The second kappa shape index (κ2) is 6.22. The molecule has 0 radical (unpaired) electrons. The van der Waals surface area contributed by atoms with Gasteiger partial charge in [0.15, 0.2) is 0 Å². The second-order valence-electron chi connectivity index (χ2n) is 3.92. The molecule has 108 valence electrons. The molecule has 2 rings (SSSR count). The summed E-state index contributed by atoms with van der Waals surface area (Å²) in [6, 6.07) is 0. The third-order valence-corrected chi connectivity index (χ3v) is 4.81. The lowest BCUT2D eigenvalue weighted by molar-refractivity contribution is 0.580. The Morgan fingerprint density at radius 2 is 2.05 bits per heavy atom. The third-order valence-electron chi connectivity index (χ3n) is 2.37. The largest absolute Gasteiger partial charge is 0.292 e. The summed E-state index contributed by atoms with van der Waals surface area (Å²) in [5.41, 5.74) is 3.16. The number of hydrogen-bond donors (Lipinski definition) is 3. The minimum atomic E-state index is -3.62. The number of nitrogens with zero attached hydrogens (tertiary/aromatic N) is 3. The molecule has 0 amide bonds. The van der Waals surface area contributed by atoms with Crippen LogP contribution in [0.2, 0.25) is 0 Å². The van der Waals surface area contributed by atoms with Crippen LogP contribution in [0.1, 0.15) is 10.7 Å². The first-order chi connectivity index (χ1) is 9.51. The third kappa shape index (κ3) is 3.70. The molecule has 0 unspecified atom stereocenters. The Kier molecular flexibility index (Phi) is 4.60. The number of rotatable bonds is 6. The Morgan fingerprint density at radius 3 is 2.60 bits per heavy atom. The van der Waals surface area contributed by atoms with E-state index in [1.807, 2.05) is 12.3 Å². The van der Waals surface area contributed by atoms with Gasteiger partial charge in [-0.1, -0.05) is 0 Å². The molecule has 0 atom stereocenters. The highest BCUT2D eigenvalue weighted by molar-refractivity contribution is 7.89. The van der Waals surface area contributed by atoms with Crippen molar-refractivity contribution in [1.29, 1.82) is 0 Å². The van der Waals surface area contributed by atoms with Crippen LogP contribution in [-0.2, 0) is 16.4 Å². The Balaban J connectivity index is 1.96. The summed E-state index contributed by atoms with van der Waals surface area (Å²) in [4.78, 5) is 11.8. The van der Waals surface area contributed by atoms with E-state index < -0.39 is 10.0 Å². The Bertz CT molecular complexity index is 667. The predicted molar refractivity (Wildman–Crippen MR) is 75.6 cm³/mol. The molecule has 20 heavy (non-hydrogen) atoms. The van der Waals surface area contributed by atoms with Gasteiger partial charge in [-0.15, -0.1) is 11.3 Å². The molecule has 0 aromatic carbocycles. The summed E-state index contributed by atoms with van der Waals surface area (Å²) in [5, 5.41) is 2.82. The van der Waals surface area contributed by atoms with E-state index in [2.05, 4.69) is 25.1 Å². The number of nitrogen functional groups attached to an aromatic ring is 1. The van der Waals surface area contributed by atoms with E-state index in [1.165, 1.54) is 23.7 Å². The maximum Gasteiger partial charge on any atom is 0.243 e. The van der Waals surface area contributed by atoms with Crippen molar-refractivity contribution in [3.63, 3.8) is 0 Å². The van der Waals surface area contributed by atoms with E-state index in [0.29, 0.717) is 6.42 Å². The smallest absolute Gasteiger partial charge is 0.243 e. The zero-order chi connectivity index (χ0) is 14.6. The van der Waals surface area contributed by atoms with Crippen LogP contribution in [0.5, 0.6) is 0 Å². The van der Waals surface area contributed by atoms with Gasteiger partial charge < -0.3 is 0 Å². The molecular weight excluding hydrogens is 300 g/mol. The van der Waals surface area contributed by atoms with Crippen LogP contribution in [0.3, 0.4) is 0 Å². The lowest BCUT2D eigenvalue weighted by Gasteiger charge is -2.05. The highest BCUT2D eigenvalue weighted by Crippen LogP contribution is 2.10. The molecule has 0 saturated heterocycles. The van der Waals surface area contributed by atoms with Crippen molar-refractivity contribution >= 4 is 27.3 Å². The number of hydrogen-bond acceptors (Lipinski definition) is 8. The number of aryl methyl sites for hydroxylation is 1. The zero-order valence-corrected chi connectivity index (χ0v) is 12.3. The van der Waals surface area contributed by atoms with Gasteiger partial charge in [0.25, 0.3) is 0 Å². The number of hydrazine groups is 1. The SMILES string of the molecule is Cc1csc(CCNS(=O)(=O)c2cnc(NN)nc2)n1. The summed E-state index contributed by atoms with van der Waals surface area (Å²) < 4.78 is 26.4. The topological polar surface area (TPSA) is 123 Å². The molecule has 0 aliphatic carbocycles. The van der Waals surface area contributed by atoms with Gasteiger partial charge in [0.05, 0.1) is 17.4 Å². The fourth-order valence-electron chi connectivity index (χ4n) is 1.42. The Labute approximate surface area is 120 Å². The Morgan fingerprint density at radius 1 is 1.35 bits per heavy atom. The first-order valence-electron chi connectivity index (χ1n) is 5.70. The van der Waals surface area contributed by atoms with Crippen LogP contribution in [0, 0.1) is 6.92 Å². The van der Waals surface area contributed by atoms with Crippen LogP contribution < -0.4 is 16.0 Å². The predicted octanol–water partition coefficient (Wildman–Crippen LogP) is 0.0481. The average molecular weight is 314 g/mol. The van der Waals surface area contributed by atoms with Gasteiger partial charge in [-0.2, -0.15) is 0 Å². The second-order valence-corrected chi connectivity index (χ2v) is 6.63. The van der Waals surface area contributed by atoms with E-state index in [4.69, 9.17) is 5.84 Å². The summed E-state index contributed by atoms with van der Waals surface area (Å²) in [7, 11) is -3.62. The van der Waals surface area contributed by atoms with Gasteiger partial charge >= 0.3 is 0 Å². The summed E-state index contributed by atoms with van der Waals surface area (Å²) in [5.74, 6) is 5.26. The average Bonchev–Trinajstić information content (AvgIpc) is 2.84. The van der Waals surface area contributed by atoms with Gasteiger partial charge in [0.1, 0.15) is 4.90 Å². The van der Waals surface area contributed by atoms with Crippen molar-refractivity contribution in [2.45, 2.75) is 18.2 Å². The van der Waals surface area contributed by atoms with Crippen LogP contribution in [0.4, 0.5) is 5.95 Å². The van der Waals surface area contributed by atoms with Crippen LogP contribution >= 0.6 is 11.3 Å². The lowest BCUT2D eigenvalue weighted by atomic mass is 10.4. The molecule has 2 aromatic rings. The van der Waals surface area contributed by atoms with Gasteiger partial charge in [-0.25, -0.2) is 33.9 Å². The molecular formula is C10H14N6O2S2. The molecule has 0 saturated carbocycles. The molecule has 4 N–H and O–H groups in total. The number of anilines is 1. The van der Waals surface area contributed by atoms with E-state index in [9.17, 15) is 8.42 Å². The maximum atomic E-state index is 12.0. The van der Waals surface area contributed by atoms with Crippen molar-refractivity contribution in [1.82, 2.24) is 19.7 Å². The lowest BCUT2D eigenvalue weighted by Crippen LogP contribution is -2.26. The maximum absolute atomic E-state index is 12.0. The fraction of sp³-hybridized carbons (Fsp3) is 0.300. The standard InChI is InChI=1S/C10H14N6O2S2/c1-7-6-19-9(15-7)2-3-14-20(17,18)8-4-12-10(16-11)13-5-8/h4-6,14H,2-3,11H2,1H3,(H,12,13,16). The molecule has 8 nitrogen and oxygen atoms in total. The summed E-state index contributed by atoms with van der Waals surface area (Å²) >= 11 is 1.51. The summed E-state index contributed by atoms with van der Waals surface area (Å²) in [6.45, 7) is 2.17. The summed E-state index contributed by atoms with van der Waals surface area (Å²) in [6.07, 6.45) is 2.93. The molecule has 2 aromatic heterocycles. The van der Waals surface area contributed by atoms with E-state index in [-0.39, 0.29) is 17.4 Å². The van der Waals surface area contributed by atoms with Crippen molar-refractivity contribution in [3.05, 3.63) is 28.5 Å². The number of nitrogens with one attached hydrogen (secondary N) is 2. The molecule has 10 heteroatoms. The van der Waals surface area contributed by atoms with Crippen molar-refractivity contribution in [2.75, 3.05) is 12.0 Å². The Hall–Kier alpha value is -1.62. The first-order valence-corrected chi connectivity index (χ1v) is 8.07.